The zero-order valence-electron chi connectivity index (χ0n) is 9.81. The molecule has 1 atom stereocenters. The van der Waals surface area contributed by atoms with Crippen LogP contribution >= 0.6 is 23.2 Å². The zero-order valence-corrected chi connectivity index (χ0v) is 11.3. The third kappa shape index (κ3) is 3.02. The van der Waals surface area contributed by atoms with Gasteiger partial charge in [0.2, 0.25) is 0 Å². The maximum atomic E-state index is 6.26. The molecule has 0 aliphatic rings. The largest absolute Gasteiger partial charge is 0.330 e. The van der Waals surface area contributed by atoms with Crippen molar-refractivity contribution < 1.29 is 0 Å². The Balaban J connectivity index is 2.41. The van der Waals surface area contributed by atoms with Gasteiger partial charge in [-0.1, -0.05) is 35.3 Å². The normalized spacial score (nSPS) is 12.4. The standard InChI is InChI=1S/C14H14Cl2N2/c15-10-4-5-11(13(16)9-10)12(6-7-17)14-3-1-2-8-18-14/h1-5,8-9,12H,6-7,17H2/t12-/m1/s1. The van der Waals surface area contributed by atoms with E-state index >= 15 is 0 Å². The summed E-state index contributed by atoms with van der Waals surface area (Å²) in [7, 11) is 0. The number of nitrogens with zero attached hydrogens (tertiary/aromatic N) is 1. The third-order valence-corrected chi connectivity index (χ3v) is 3.40. The van der Waals surface area contributed by atoms with E-state index in [0.29, 0.717) is 16.6 Å². The van der Waals surface area contributed by atoms with Crippen molar-refractivity contribution in [2.45, 2.75) is 12.3 Å². The highest BCUT2D eigenvalue weighted by Crippen LogP contribution is 2.33. The lowest BCUT2D eigenvalue weighted by molar-refractivity contribution is 0.706. The van der Waals surface area contributed by atoms with Crippen molar-refractivity contribution in [3.63, 3.8) is 0 Å². The molecule has 1 heterocycles. The second-order valence-electron chi connectivity index (χ2n) is 4.05. The Morgan fingerprint density at radius 2 is 2.00 bits per heavy atom. The van der Waals surface area contributed by atoms with Gasteiger partial charge >= 0.3 is 0 Å². The number of hydrogen-bond donors (Lipinski definition) is 1. The molecule has 0 saturated carbocycles. The van der Waals surface area contributed by atoms with Gasteiger partial charge in [0, 0.05) is 27.9 Å². The number of aromatic nitrogens is 1. The van der Waals surface area contributed by atoms with Crippen LogP contribution in [0.5, 0.6) is 0 Å². The highest BCUT2D eigenvalue weighted by atomic mass is 35.5. The minimum absolute atomic E-state index is 0.112. The first-order valence-corrected chi connectivity index (χ1v) is 6.54. The molecular formula is C14H14Cl2N2. The molecule has 0 radical (unpaired) electrons. The van der Waals surface area contributed by atoms with Gasteiger partial charge in [-0.05, 0) is 42.8 Å². The average Bonchev–Trinajstić information content (AvgIpc) is 2.38. The summed E-state index contributed by atoms with van der Waals surface area (Å²) in [6, 6.07) is 11.4. The smallest absolute Gasteiger partial charge is 0.0479 e. The molecule has 18 heavy (non-hydrogen) atoms. The fraction of sp³-hybridized carbons (Fsp3) is 0.214. The van der Waals surface area contributed by atoms with Crippen LogP contribution in [0.3, 0.4) is 0 Å². The Bertz CT molecular complexity index is 514. The molecule has 0 aliphatic heterocycles. The van der Waals surface area contributed by atoms with Crippen LogP contribution in [-0.4, -0.2) is 11.5 Å². The van der Waals surface area contributed by atoms with E-state index in [1.807, 2.05) is 30.3 Å². The Morgan fingerprint density at radius 3 is 2.61 bits per heavy atom. The summed E-state index contributed by atoms with van der Waals surface area (Å²) in [5.41, 5.74) is 7.68. The van der Waals surface area contributed by atoms with Crippen LogP contribution in [-0.2, 0) is 0 Å². The zero-order chi connectivity index (χ0) is 13.0. The number of rotatable bonds is 4. The molecule has 0 aliphatic carbocycles. The van der Waals surface area contributed by atoms with Gasteiger partial charge in [0.15, 0.2) is 0 Å². The van der Waals surface area contributed by atoms with Crippen molar-refractivity contribution in [2.75, 3.05) is 6.54 Å². The molecule has 2 rings (SSSR count). The highest BCUT2D eigenvalue weighted by molar-refractivity contribution is 6.35. The average molecular weight is 281 g/mol. The van der Waals surface area contributed by atoms with Crippen LogP contribution in [0.4, 0.5) is 0 Å². The number of benzene rings is 1. The predicted molar refractivity (Wildman–Crippen MR) is 76.2 cm³/mol. The van der Waals surface area contributed by atoms with Crippen molar-refractivity contribution in [1.29, 1.82) is 0 Å². The molecule has 0 unspecified atom stereocenters. The van der Waals surface area contributed by atoms with Crippen molar-refractivity contribution >= 4 is 23.2 Å². The van der Waals surface area contributed by atoms with Gasteiger partial charge in [-0.3, -0.25) is 4.98 Å². The summed E-state index contributed by atoms with van der Waals surface area (Å²) in [6.45, 7) is 0.584. The highest BCUT2D eigenvalue weighted by Gasteiger charge is 2.17. The van der Waals surface area contributed by atoms with E-state index in [-0.39, 0.29) is 5.92 Å². The topological polar surface area (TPSA) is 38.9 Å². The number of halogens is 2. The Labute approximate surface area is 117 Å². The molecular weight excluding hydrogens is 267 g/mol. The monoisotopic (exact) mass is 280 g/mol. The van der Waals surface area contributed by atoms with E-state index in [1.54, 1.807) is 12.3 Å². The summed E-state index contributed by atoms with van der Waals surface area (Å²) in [4.78, 5) is 4.39. The van der Waals surface area contributed by atoms with Crippen molar-refractivity contribution in [3.8, 4) is 0 Å². The van der Waals surface area contributed by atoms with Crippen LogP contribution < -0.4 is 5.73 Å². The van der Waals surface area contributed by atoms with Gasteiger partial charge in [-0.2, -0.15) is 0 Å². The van der Waals surface area contributed by atoms with Crippen LogP contribution in [0.15, 0.2) is 42.6 Å². The van der Waals surface area contributed by atoms with E-state index in [9.17, 15) is 0 Å². The fourth-order valence-electron chi connectivity index (χ4n) is 2.00. The van der Waals surface area contributed by atoms with Crippen LogP contribution in [0, 0.1) is 0 Å². The number of hydrogen-bond acceptors (Lipinski definition) is 2. The molecule has 2 nitrogen and oxygen atoms in total. The molecule has 2 N–H and O–H groups in total. The number of nitrogens with two attached hydrogens (primary N) is 1. The van der Waals surface area contributed by atoms with Gasteiger partial charge in [-0.25, -0.2) is 0 Å². The Morgan fingerprint density at radius 1 is 1.17 bits per heavy atom. The minimum atomic E-state index is 0.112. The van der Waals surface area contributed by atoms with E-state index in [0.717, 1.165) is 17.7 Å². The predicted octanol–water partition coefficient (Wildman–Crippen LogP) is 3.87. The summed E-state index contributed by atoms with van der Waals surface area (Å²) in [5.74, 6) is 0.112. The molecule has 2 aromatic rings. The van der Waals surface area contributed by atoms with E-state index in [1.165, 1.54) is 0 Å². The molecule has 0 bridgehead atoms. The van der Waals surface area contributed by atoms with Crippen molar-refractivity contribution in [1.82, 2.24) is 4.98 Å². The van der Waals surface area contributed by atoms with Gasteiger partial charge in [0.05, 0.1) is 0 Å². The lowest BCUT2D eigenvalue weighted by atomic mass is 9.92. The molecule has 94 valence electrons. The van der Waals surface area contributed by atoms with Gasteiger partial charge in [-0.15, -0.1) is 0 Å². The maximum Gasteiger partial charge on any atom is 0.0479 e. The lowest BCUT2D eigenvalue weighted by Gasteiger charge is -2.17. The van der Waals surface area contributed by atoms with Gasteiger partial charge < -0.3 is 5.73 Å². The van der Waals surface area contributed by atoms with Crippen LogP contribution in [0.1, 0.15) is 23.6 Å². The van der Waals surface area contributed by atoms with Gasteiger partial charge in [0.1, 0.15) is 0 Å². The summed E-state index contributed by atoms with van der Waals surface area (Å²) < 4.78 is 0. The molecule has 0 spiro atoms. The minimum Gasteiger partial charge on any atom is -0.330 e. The first kappa shape index (κ1) is 13.3. The SMILES string of the molecule is NCC[C@@H](c1ccccn1)c1ccc(Cl)cc1Cl. The lowest BCUT2D eigenvalue weighted by Crippen LogP contribution is -2.10. The fourth-order valence-corrected chi connectivity index (χ4v) is 2.54. The maximum absolute atomic E-state index is 6.26. The second-order valence-corrected chi connectivity index (χ2v) is 4.89. The molecule has 0 saturated heterocycles. The molecule has 0 amide bonds. The summed E-state index contributed by atoms with van der Waals surface area (Å²) in [5, 5.41) is 1.29. The Kier molecular flexibility index (Phi) is 4.59. The van der Waals surface area contributed by atoms with Gasteiger partial charge in [0.25, 0.3) is 0 Å². The summed E-state index contributed by atoms with van der Waals surface area (Å²) >= 11 is 12.2. The third-order valence-electron chi connectivity index (χ3n) is 2.84. The first-order chi connectivity index (χ1) is 8.72. The first-order valence-electron chi connectivity index (χ1n) is 5.78. The second kappa shape index (κ2) is 6.19. The number of pyridine rings is 1. The summed E-state index contributed by atoms with van der Waals surface area (Å²) in [6.07, 6.45) is 2.58. The Hall–Kier alpha value is -1.09. The van der Waals surface area contributed by atoms with Crippen LogP contribution in [0.2, 0.25) is 10.0 Å². The van der Waals surface area contributed by atoms with E-state index < -0.39 is 0 Å². The quantitative estimate of drug-likeness (QED) is 0.924. The van der Waals surface area contributed by atoms with Crippen molar-refractivity contribution in [2.24, 2.45) is 5.73 Å². The molecule has 0 fully saturated rings. The van der Waals surface area contributed by atoms with Crippen molar-refractivity contribution in [3.05, 3.63) is 63.9 Å². The molecule has 4 heteroatoms. The van der Waals surface area contributed by atoms with E-state index in [4.69, 9.17) is 28.9 Å². The molecule has 1 aromatic carbocycles. The van der Waals surface area contributed by atoms with E-state index in [2.05, 4.69) is 4.98 Å². The molecule has 1 aromatic heterocycles. The van der Waals surface area contributed by atoms with Crippen LogP contribution in [0.25, 0.3) is 0 Å².